The van der Waals surface area contributed by atoms with Gasteiger partial charge in [-0.05, 0) is 50.7 Å². The van der Waals surface area contributed by atoms with Gasteiger partial charge in [0.25, 0.3) is 0 Å². The van der Waals surface area contributed by atoms with Gasteiger partial charge in [-0.25, -0.2) is 15.4 Å². The monoisotopic (exact) mass is 523 g/mol. The van der Waals surface area contributed by atoms with Gasteiger partial charge in [0.2, 0.25) is 5.89 Å². The van der Waals surface area contributed by atoms with E-state index in [2.05, 4.69) is 71.9 Å². The predicted octanol–water partition coefficient (Wildman–Crippen LogP) is 5.70. The molecule has 198 valence electrons. The highest BCUT2D eigenvalue weighted by Gasteiger charge is 2.17. The molecule has 0 spiro atoms. The van der Waals surface area contributed by atoms with Crippen LogP contribution in [-0.4, -0.2) is 35.4 Å². The standard InChI is InChI=1S/C15H17N7S.C11H20N2O/c1-3-11-4-13(23-21-11)20-14-15-16-7-12(10-5-17-18-6-10)22(15)8-9(2)19-14;1-4-6-8-10(7-5-2)11-12-9(3)13-14-11/h4-5,7-8,17-18H,3,6H2,1-2H3,(H,19,20);10H,4-8H2,1-3H3. The van der Waals surface area contributed by atoms with E-state index in [0.29, 0.717) is 5.92 Å². The third kappa shape index (κ3) is 6.72. The van der Waals surface area contributed by atoms with E-state index >= 15 is 0 Å². The molecule has 37 heavy (non-hydrogen) atoms. The van der Waals surface area contributed by atoms with Crippen molar-refractivity contribution in [2.75, 3.05) is 11.9 Å². The highest BCUT2D eigenvalue weighted by atomic mass is 32.1. The number of unbranched alkanes of at least 4 members (excludes halogenated alkanes) is 1. The minimum absolute atomic E-state index is 0.473. The zero-order valence-corrected chi connectivity index (χ0v) is 23.2. The first-order chi connectivity index (χ1) is 18.0. The molecule has 0 saturated carbocycles. The normalized spacial score (nSPS) is 13.7. The summed E-state index contributed by atoms with van der Waals surface area (Å²) in [5.41, 5.74) is 11.1. The smallest absolute Gasteiger partial charge is 0.229 e. The van der Waals surface area contributed by atoms with Crippen LogP contribution in [0, 0.1) is 13.8 Å². The summed E-state index contributed by atoms with van der Waals surface area (Å²) in [6.45, 7) is 11.1. The summed E-state index contributed by atoms with van der Waals surface area (Å²) in [5, 5.41) is 8.18. The SMILES string of the molecule is CCCCC(CCC)c1nc(C)no1.CCc1cc(Nc2nc(C)cn3c(C4=CNNC4)cnc23)sn1. The van der Waals surface area contributed by atoms with Gasteiger partial charge >= 0.3 is 0 Å². The van der Waals surface area contributed by atoms with Crippen molar-refractivity contribution in [2.24, 2.45) is 0 Å². The molecule has 5 rings (SSSR count). The lowest BCUT2D eigenvalue weighted by molar-refractivity contribution is 0.333. The lowest BCUT2D eigenvalue weighted by Gasteiger charge is -2.09. The van der Waals surface area contributed by atoms with Crippen LogP contribution >= 0.6 is 11.5 Å². The molecule has 0 saturated heterocycles. The summed E-state index contributed by atoms with van der Waals surface area (Å²) in [6.07, 6.45) is 12.8. The van der Waals surface area contributed by atoms with E-state index in [0.717, 1.165) is 64.6 Å². The molecule has 3 N–H and O–H groups in total. The Bertz CT molecular complexity index is 1320. The zero-order valence-electron chi connectivity index (χ0n) is 22.3. The number of imidazole rings is 1. The molecule has 11 heteroatoms. The molecule has 0 aromatic carbocycles. The van der Waals surface area contributed by atoms with Gasteiger partial charge in [0.15, 0.2) is 17.3 Å². The Kier molecular flexibility index (Phi) is 9.24. The van der Waals surface area contributed by atoms with Gasteiger partial charge in [0.05, 0.1) is 23.3 Å². The van der Waals surface area contributed by atoms with E-state index < -0.39 is 0 Å². The van der Waals surface area contributed by atoms with E-state index in [1.165, 1.54) is 42.8 Å². The van der Waals surface area contributed by atoms with Crippen LogP contribution in [0.3, 0.4) is 0 Å². The second kappa shape index (κ2) is 12.8. The Balaban J connectivity index is 0.000000197. The summed E-state index contributed by atoms with van der Waals surface area (Å²) >= 11 is 1.45. The van der Waals surface area contributed by atoms with Crippen molar-refractivity contribution in [3.8, 4) is 0 Å². The average Bonchev–Trinajstić information content (AvgIpc) is 3.69. The van der Waals surface area contributed by atoms with Gasteiger partial charge in [-0.1, -0.05) is 45.2 Å². The van der Waals surface area contributed by atoms with Crippen molar-refractivity contribution in [3.63, 3.8) is 0 Å². The van der Waals surface area contributed by atoms with Crippen LogP contribution in [0.2, 0.25) is 0 Å². The number of hydrogen-bond donors (Lipinski definition) is 3. The summed E-state index contributed by atoms with van der Waals surface area (Å²) in [7, 11) is 0. The lowest BCUT2D eigenvalue weighted by atomic mass is 9.97. The molecule has 0 aliphatic carbocycles. The maximum absolute atomic E-state index is 5.21. The first-order valence-corrected chi connectivity index (χ1v) is 13.8. The molecular weight excluding hydrogens is 486 g/mol. The molecule has 0 fully saturated rings. The topological polar surface area (TPSA) is 118 Å². The Morgan fingerprint density at radius 1 is 1.16 bits per heavy atom. The number of hydrogen-bond acceptors (Lipinski definition) is 10. The molecule has 0 bridgehead atoms. The van der Waals surface area contributed by atoms with Crippen LogP contribution in [0.4, 0.5) is 10.8 Å². The second-order valence-corrected chi connectivity index (χ2v) is 10.0. The Hall–Kier alpha value is -3.31. The average molecular weight is 524 g/mol. The summed E-state index contributed by atoms with van der Waals surface area (Å²) < 4.78 is 11.7. The van der Waals surface area contributed by atoms with Crippen LogP contribution in [-0.2, 0) is 6.42 Å². The third-order valence-corrected chi connectivity index (χ3v) is 6.91. The van der Waals surface area contributed by atoms with Crippen molar-refractivity contribution in [1.82, 2.24) is 39.7 Å². The number of aromatic nitrogens is 6. The van der Waals surface area contributed by atoms with Crippen molar-refractivity contribution in [1.29, 1.82) is 0 Å². The van der Waals surface area contributed by atoms with Gasteiger partial charge in [0, 0.05) is 30.4 Å². The molecule has 4 aromatic heterocycles. The molecule has 1 aliphatic heterocycles. The molecule has 5 heterocycles. The molecule has 0 radical (unpaired) electrons. The fraction of sp³-hybridized carbons (Fsp3) is 0.500. The number of nitrogens with zero attached hydrogens (tertiary/aromatic N) is 6. The highest BCUT2D eigenvalue weighted by molar-refractivity contribution is 7.10. The number of nitrogens with one attached hydrogen (secondary N) is 3. The highest BCUT2D eigenvalue weighted by Crippen LogP contribution is 2.27. The van der Waals surface area contributed by atoms with Crippen LogP contribution in [0.1, 0.15) is 87.6 Å². The van der Waals surface area contributed by atoms with Crippen LogP contribution < -0.4 is 16.2 Å². The minimum Gasteiger partial charge on any atom is -0.339 e. The quantitative estimate of drug-likeness (QED) is 0.240. The van der Waals surface area contributed by atoms with E-state index in [-0.39, 0.29) is 0 Å². The van der Waals surface area contributed by atoms with Crippen molar-refractivity contribution >= 4 is 33.6 Å². The van der Waals surface area contributed by atoms with Crippen molar-refractivity contribution < 1.29 is 4.52 Å². The molecular formula is C26H37N9OS. The van der Waals surface area contributed by atoms with Crippen molar-refractivity contribution in [2.45, 2.75) is 79.1 Å². The summed E-state index contributed by atoms with van der Waals surface area (Å²) in [5.74, 6) is 2.80. The molecule has 0 amide bonds. The zero-order chi connectivity index (χ0) is 26.2. The maximum atomic E-state index is 5.21. The fourth-order valence-corrected chi connectivity index (χ4v) is 4.98. The largest absolute Gasteiger partial charge is 0.339 e. The fourth-order valence-electron chi connectivity index (χ4n) is 4.25. The van der Waals surface area contributed by atoms with E-state index in [1.54, 1.807) is 0 Å². The predicted molar refractivity (Wildman–Crippen MR) is 148 cm³/mol. The van der Waals surface area contributed by atoms with Gasteiger partial charge in [-0.15, -0.1) is 0 Å². The number of rotatable bonds is 10. The van der Waals surface area contributed by atoms with Gasteiger partial charge < -0.3 is 15.3 Å². The van der Waals surface area contributed by atoms with E-state index in [9.17, 15) is 0 Å². The van der Waals surface area contributed by atoms with Crippen LogP contribution in [0.5, 0.6) is 0 Å². The first-order valence-electron chi connectivity index (χ1n) is 13.1. The van der Waals surface area contributed by atoms with Crippen LogP contribution in [0.25, 0.3) is 11.2 Å². The minimum atomic E-state index is 0.473. The van der Waals surface area contributed by atoms with E-state index in [1.807, 2.05) is 32.4 Å². The molecule has 1 aliphatic rings. The number of anilines is 2. The summed E-state index contributed by atoms with van der Waals surface area (Å²) in [4.78, 5) is 13.5. The van der Waals surface area contributed by atoms with Crippen molar-refractivity contribution in [3.05, 3.63) is 53.5 Å². The second-order valence-electron chi connectivity index (χ2n) is 9.20. The third-order valence-electron chi connectivity index (χ3n) is 6.17. The Morgan fingerprint density at radius 3 is 2.68 bits per heavy atom. The number of aryl methyl sites for hydroxylation is 3. The van der Waals surface area contributed by atoms with Gasteiger partial charge in [-0.2, -0.15) is 9.36 Å². The Labute approximate surface area is 222 Å². The molecule has 1 atom stereocenters. The number of hydrazine groups is 1. The Morgan fingerprint density at radius 2 is 2.03 bits per heavy atom. The maximum Gasteiger partial charge on any atom is 0.229 e. The molecule has 10 nitrogen and oxygen atoms in total. The molecule has 1 unspecified atom stereocenters. The van der Waals surface area contributed by atoms with E-state index in [4.69, 9.17) is 4.52 Å². The van der Waals surface area contributed by atoms with Crippen LogP contribution in [0.15, 0.2) is 29.2 Å². The summed E-state index contributed by atoms with van der Waals surface area (Å²) in [6, 6.07) is 2.06. The molecule has 4 aromatic rings. The lowest BCUT2D eigenvalue weighted by Crippen LogP contribution is -2.20. The first kappa shape index (κ1) is 26.7. The van der Waals surface area contributed by atoms with Gasteiger partial charge in [-0.3, -0.25) is 4.40 Å². The number of fused-ring (bicyclic) bond motifs is 1. The van der Waals surface area contributed by atoms with Gasteiger partial charge in [0.1, 0.15) is 5.00 Å².